The maximum atomic E-state index is 12.1. The third-order valence-electron chi connectivity index (χ3n) is 3.12. The molecule has 2 N–H and O–H groups in total. The molecule has 0 saturated heterocycles. The molecule has 0 radical (unpaired) electrons. The van der Waals surface area contributed by atoms with E-state index in [1.807, 2.05) is 13.8 Å². The normalized spacial score (nSPS) is 11.8. The highest BCUT2D eigenvalue weighted by Crippen LogP contribution is 2.11. The van der Waals surface area contributed by atoms with Crippen LogP contribution in [-0.4, -0.2) is 29.0 Å². The fraction of sp³-hybridized carbons (Fsp3) is 0.286. The van der Waals surface area contributed by atoms with Crippen molar-refractivity contribution in [2.24, 2.45) is 0 Å². The molecule has 2 rings (SSSR count). The van der Waals surface area contributed by atoms with Gasteiger partial charge in [0.25, 0.3) is 10.0 Å². The van der Waals surface area contributed by atoms with Crippen molar-refractivity contribution in [1.29, 1.82) is 0 Å². The lowest BCUT2D eigenvalue weighted by Crippen LogP contribution is -2.23. The number of hydrogen-bond acceptors (Lipinski definition) is 4. The molecule has 0 unspecified atom stereocenters. The summed E-state index contributed by atoms with van der Waals surface area (Å²) in [6, 6.07) is 6.12. The summed E-state index contributed by atoms with van der Waals surface area (Å²) in [5.41, 5.74) is 0.819. The van der Waals surface area contributed by atoms with Gasteiger partial charge in [0.2, 0.25) is 0 Å². The van der Waals surface area contributed by atoms with Crippen LogP contribution in [0.1, 0.15) is 35.8 Å². The van der Waals surface area contributed by atoms with Crippen molar-refractivity contribution in [1.82, 2.24) is 14.3 Å². The lowest BCUT2D eigenvalue weighted by Gasteiger charge is -2.06. The maximum Gasteiger partial charge on any atom is 0.335 e. The first-order chi connectivity index (χ1) is 10.3. The van der Waals surface area contributed by atoms with E-state index in [9.17, 15) is 13.2 Å². The molecule has 0 aliphatic heterocycles. The van der Waals surface area contributed by atoms with Crippen LogP contribution >= 0.6 is 0 Å². The lowest BCUT2D eigenvalue weighted by atomic mass is 10.1. The third kappa shape index (κ3) is 3.71. The zero-order valence-corrected chi connectivity index (χ0v) is 13.0. The van der Waals surface area contributed by atoms with Gasteiger partial charge in [-0.3, -0.25) is 0 Å². The number of imidazole rings is 1. The van der Waals surface area contributed by atoms with Gasteiger partial charge in [-0.2, -0.15) is 0 Å². The van der Waals surface area contributed by atoms with Crippen molar-refractivity contribution in [2.75, 3.05) is 0 Å². The van der Waals surface area contributed by atoms with Gasteiger partial charge in [0.1, 0.15) is 0 Å². The van der Waals surface area contributed by atoms with E-state index in [1.54, 1.807) is 16.7 Å². The molecule has 0 bridgehead atoms. The summed E-state index contributed by atoms with van der Waals surface area (Å²) >= 11 is 0. The molecule has 118 valence electrons. The molecule has 0 aliphatic rings. The fourth-order valence-electron chi connectivity index (χ4n) is 1.76. The van der Waals surface area contributed by atoms with E-state index in [4.69, 9.17) is 5.11 Å². The van der Waals surface area contributed by atoms with Gasteiger partial charge in [-0.1, -0.05) is 12.1 Å². The number of nitrogens with one attached hydrogen (secondary N) is 1. The summed E-state index contributed by atoms with van der Waals surface area (Å²) in [5, 5.41) is 8.77. The van der Waals surface area contributed by atoms with E-state index in [1.165, 1.54) is 24.7 Å². The summed E-state index contributed by atoms with van der Waals surface area (Å²) in [7, 11) is -3.70. The van der Waals surface area contributed by atoms with Crippen LogP contribution in [0.5, 0.6) is 0 Å². The Morgan fingerprint density at radius 2 is 1.95 bits per heavy atom. The largest absolute Gasteiger partial charge is 0.478 e. The van der Waals surface area contributed by atoms with E-state index in [-0.39, 0.29) is 23.2 Å². The molecule has 0 atom stereocenters. The molecule has 0 spiro atoms. The molecule has 1 aromatic heterocycles. The predicted molar refractivity (Wildman–Crippen MR) is 80.0 cm³/mol. The van der Waals surface area contributed by atoms with Crippen LogP contribution in [0.3, 0.4) is 0 Å². The second-order valence-corrected chi connectivity index (χ2v) is 6.79. The van der Waals surface area contributed by atoms with Gasteiger partial charge < -0.3 is 9.67 Å². The summed E-state index contributed by atoms with van der Waals surface area (Å²) in [6.07, 6.45) is 2.95. The SMILES string of the molecule is CC(C)n1cnc(S(=O)(=O)NCc2ccc(C(=O)O)cc2)c1. The Labute approximate surface area is 128 Å². The van der Waals surface area contributed by atoms with Crippen molar-refractivity contribution in [3.8, 4) is 0 Å². The third-order valence-corrected chi connectivity index (χ3v) is 4.40. The lowest BCUT2D eigenvalue weighted by molar-refractivity contribution is 0.0697. The van der Waals surface area contributed by atoms with Crippen molar-refractivity contribution in [2.45, 2.75) is 31.5 Å². The predicted octanol–water partition coefficient (Wildman–Crippen LogP) is 1.64. The van der Waals surface area contributed by atoms with Gasteiger partial charge >= 0.3 is 5.97 Å². The number of sulfonamides is 1. The topological polar surface area (TPSA) is 101 Å². The molecule has 8 heteroatoms. The highest BCUT2D eigenvalue weighted by atomic mass is 32.2. The summed E-state index contributed by atoms with van der Waals surface area (Å²) in [5.74, 6) is -1.02. The number of rotatable bonds is 6. The number of carboxylic acid groups (broad SMARTS) is 1. The van der Waals surface area contributed by atoms with E-state index < -0.39 is 16.0 Å². The molecular formula is C14H17N3O4S. The zero-order valence-electron chi connectivity index (χ0n) is 12.2. The Hall–Kier alpha value is -2.19. The molecule has 0 amide bonds. The fourth-order valence-corrected chi connectivity index (χ4v) is 2.71. The second kappa shape index (κ2) is 6.29. The van der Waals surface area contributed by atoms with E-state index in [2.05, 4.69) is 9.71 Å². The minimum atomic E-state index is -3.70. The van der Waals surface area contributed by atoms with Crippen molar-refractivity contribution in [3.05, 3.63) is 47.9 Å². The number of hydrogen-bond donors (Lipinski definition) is 2. The van der Waals surface area contributed by atoms with Crippen LogP contribution < -0.4 is 4.72 Å². The van der Waals surface area contributed by atoms with Crippen LogP contribution in [-0.2, 0) is 16.6 Å². The molecule has 2 aromatic rings. The monoisotopic (exact) mass is 323 g/mol. The molecule has 0 aliphatic carbocycles. The number of benzene rings is 1. The van der Waals surface area contributed by atoms with Crippen LogP contribution in [0, 0.1) is 0 Å². The minimum absolute atomic E-state index is 0.0386. The number of aromatic nitrogens is 2. The van der Waals surface area contributed by atoms with E-state index in [0.717, 1.165) is 0 Å². The van der Waals surface area contributed by atoms with Gasteiger partial charge in [-0.25, -0.2) is 22.9 Å². The first kappa shape index (κ1) is 16.2. The smallest absolute Gasteiger partial charge is 0.335 e. The molecule has 0 saturated carbocycles. The Balaban J connectivity index is 2.07. The summed E-state index contributed by atoms with van der Waals surface area (Å²) < 4.78 is 28.4. The number of carboxylic acids is 1. The van der Waals surface area contributed by atoms with Crippen molar-refractivity contribution < 1.29 is 18.3 Å². The maximum absolute atomic E-state index is 12.1. The van der Waals surface area contributed by atoms with E-state index >= 15 is 0 Å². The quantitative estimate of drug-likeness (QED) is 0.841. The van der Waals surface area contributed by atoms with Crippen LogP contribution in [0.15, 0.2) is 41.8 Å². The average molecular weight is 323 g/mol. The molecule has 22 heavy (non-hydrogen) atoms. The van der Waals surface area contributed by atoms with Gasteiger partial charge in [0, 0.05) is 18.8 Å². The molecule has 7 nitrogen and oxygen atoms in total. The molecule has 0 fully saturated rings. The highest BCUT2D eigenvalue weighted by Gasteiger charge is 2.17. The number of aromatic carboxylic acids is 1. The standard InChI is InChI=1S/C14H17N3O4S/c1-10(2)17-8-13(15-9-17)22(20,21)16-7-11-3-5-12(6-4-11)14(18)19/h3-6,8-10,16H,7H2,1-2H3,(H,18,19). The van der Waals surface area contributed by atoms with Crippen molar-refractivity contribution in [3.63, 3.8) is 0 Å². The minimum Gasteiger partial charge on any atom is -0.478 e. The Bertz CT molecular complexity index is 764. The van der Waals surface area contributed by atoms with Crippen LogP contribution in [0.4, 0.5) is 0 Å². The Morgan fingerprint density at radius 3 is 2.45 bits per heavy atom. The second-order valence-electron chi connectivity index (χ2n) is 5.08. The Morgan fingerprint density at radius 1 is 1.32 bits per heavy atom. The van der Waals surface area contributed by atoms with E-state index in [0.29, 0.717) is 5.56 Å². The first-order valence-corrected chi connectivity index (χ1v) is 8.13. The number of carbonyl (C=O) groups is 1. The molecule has 1 heterocycles. The highest BCUT2D eigenvalue weighted by molar-refractivity contribution is 7.89. The van der Waals surface area contributed by atoms with Gasteiger partial charge in [0.05, 0.1) is 11.9 Å². The molecule has 1 aromatic carbocycles. The van der Waals surface area contributed by atoms with Crippen molar-refractivity contribution >= 4 is 16.0 Å². The van der Waals surface area contributed by atoms with Crippen LogP contribution in [0.2, 0.25) is 0 Å². The first-order valence-electron chi connectivity index (χ1n) is 6.65. The van der Waals surface area contributed by atoms with Crippen LogP contribution in [0.25, 0.3) is 0 Å². The van der Waals surface area contributed by atoms with Gasteiger partial charge in [0.15, 0.2) is 5.03 Å². The van der Waals surface area contributed by atoms with Gasteiger partial charge in [-0.05, 0) is 31.5 Å². The van der Waals surface area contributed by atoms with Gasteiger partial charge in [-0.15, -0.1) is 0 Å². The Kier molecular flexibility index (Phi) is 4.62. The summed E-state index contributed by atoms with van der Waals surface area (Å²) in [6.45, 7) is 3.92. The average Bonchev–Trinajstić information content (AvgIpc) is 2.96. The zero-order chi connectivity index (χ0) is 16.3. The summed E-state index contributed by atoms with van der Waals surface area (Å²) in [4.78, 5) is 14.6. The molecular weight excluding hydrogens is 306 g/mol. The number of nitrogens with zero attached hydrogens (tertiary/aromatic N) is 2.